The second-order valence-corrected chi connectivity index (χ2v) is 35.9. The minimum Gasteiger partial charge on any atom is -0.358 e. The van der Waals surface area contributed by atoms with Gasteiger partial charge in [-0.15, -0.1) is 0 Å². The van der Waals surface area contributed by atoms with Gasteiger partial charge in [-0.2, -0.15) is 0 Å². The van der Waals surface area contributed by atoms with E-state index < -0.39 is 0 Å². The zero-order valence-electron chi connectivity index (χ0n) is 85.3. The van der Waals surface area contributed by atoms with Gasteiger partial charge in [-0.05, 0) is 260 Å². The van der Waals surface area contributed by atoms with Crippen LogP contribution in [0.25, 0.3) is 0 Å². The van der Waals surface area contributed by atoms with Crippen molar-refractivity contribution in [1.29, 1.82) is 0 Å². The van der Waals surface area contributed by atoms with Gasteiger partial charge in [-0.25, -0.2) is 0 Å². The molecule has 8 fully saturated rings. The minimum absolute atomic E-state index is 0. The van der Waals surface area contributed by atoms with E-state index in [4.69, 9.17) is 0 Å². The van der Waals surface area contributed by atoms with E-state index >= 15 is 0 Å². The summed E-state index contributed by atoms with van der Waals surface area (Å²) in [6.07, 6.45) is 68.8. The van der Waals surface area contributed by atoms with E-state index in [0.717, 1.165) is 189 Å². The summed E-state index contributed by atoms with van der Waals surface area (Å²) >= 11 is 0. The van der Waals surface area contributed by atoms with Crippen LogP contribution in [0.15, 0.2) is 97.2 Å². The second-order valence-electron chi connectivity index (χ2n) is 35.9. The molecule has 0 aromatic heterocycles. The molecule has 0 N–H and O–H groups in total. The first-order valence-electron chi connectivity index (χ1n) is 42.3. The first-order valence-corrected chi connectivity index (χ1v) is 42.3. The zero-order chi connectivity index (χ0) is 69.3. The molecule has 12 unspecified atom stereocenters. The van der Waals surface area contributed by atoms with Crippen LogP contribution < -0.4 is 0 Å². The van der Waals surface area contributed by atoms with Gasteiger partial charge in [0.05, 0.1) is 0 Å². The molecule has 12 aliphatic carbocycles. The van der Waals surface area contributed by atoms with Gasteiger partial charge in [0.1, 0.15) is 0 Å². The maximum Gasteiger partial charge on any atom is 4.00 e. The molecule has 114 heavy (non-hydrogen) atoms. The van der Waals surface area contributed by atoms with Crippen molar-refractivity contribution in [3.8, 4) is 0 Å². The van der Waals surface area contributed by atoms with Crippen LogP contribution in [0.5, 0.6) is 0 Å². The third kappa shape index (κ3) is 44.5. The Morgan fingerprint density at radius 3 is 0.491 bits per heavy atom. The Kier molecular flexibility index (Phi) is 108. The normalized spacial score (nSPS) is 36.4. The molecule has 0 nitrogen and oxygen atoms in total. The van der Waals surface area contributed by atoms with Crippen molar-refractivity contribution in [3.05, 3.63) is 216 Å². The smallest absolute Gasteiger partial charge is 0.358 e. The number of hydrogen-bond donors (Lipinski definition) is 0. The minimum atomic E-state index is 0. The SMILES string of the molecule is CC1C(C)C(C)C(C)C1C.CC1C(C)C(C)C(C)C1C.CC1C(C)C(C)C(C)C1C.CC1C(C)C(C)C(C)C1C.CCCC1CCC2C=CC=CC21.CCCCC1CCC2C=CC=CC21.CCCCCC1CCC2C=CC=CC21.CCCCCCC1CCC2C=CC=CC21.[CH3-].[CH3-].[CH3-].[CH3-].[CH3-].[CH3-].[CH3-].[CH3-].[CH3-].[CH3-].[CH3-].[CH3-].[CH3-].[CH3-].[CH3-].[CH3-].[Hf+4].[Hf+4].[Hf+4].[Hf+4]. The standard InChI is InChI=1S/C15H24.C14H22.C13H20.C12H18.4C10H20.16CH3.4Hf/c1-2-3-4-5-8-13-11-12-14-9-6-7-10-15(13)14;1-2-3-4-7-12-10-11-13-8-5-6-9-14(12)13;1-2-3-6-11-9-10-12-7-4-5-8-13(11)12;1-2-5-10-8-9-11-6-3-4-7-12(10)11;4*1-6-7(2)9(4)10(5)8(6)3;;;;;;;;;;;;;;;;;;;;/h6-7,9-10,13-15H,2-5,8,11-12H2,1H3;5-6,8-9,12-14H,2-4,7,10-11H2,1H3;4-5,7-8,11-13H,2-3,6,9-10H2,1H3;3-4,6-7,10-12H,2,5,8-9H2,1H3;4*6-10H,1-5H3;16*1H3;;;;/q;;;;;;;;16*-1;4*+4. The summed E-state index contributed by atoms with van der Waals surface area (Å²) in [5, 5.41) is 0. The van der Waals surface area contributed by atoms with Gasteiger partial charge in [0, 0.05) is 0 Å². The molecule has 0 aliphatic heterocycles. The van der Waals surface area contributed by atoms with Crippen molar-refractivity contribution >= 4 is 0 Å². The van der Waals surface area contributed by atoms with E-state index in [-0.39, 0.29) is 222 Å². The monoisotopic (exact) mass is 2250 g/mol. The molecular formula is C110H212Hf4. The fraction of sp³-hybridized carbons (Fsp3) is 0.709. The molecule has 0 bridgehead atoms. The van der Waals surface area contributed by atoms with Crippen LogP contribution in [0.2, 0.25) is 0 Å². The van der Waals surface area contributed by atoms with E-state index in [1.807, 2.05) is 0 Å². The summed E-state index contributed by atoms with van der Waals surface area (Å²) in [7, 11) is 0. The molecule has 0 aromatic carbocycles. The van der Waals surface area contributed by atoms with Gasteiger partial charge in [0.15, 0.2) is 0 Å². The molecule has 4 heteroatoms. The first-order chi connectivity index (χ1) is 44.9. The van der Waals surface area contributed by atoms with E-state index in [9.17, 15) is 0 Å². The largest absolute Gasteiger partial charge is 4.00 e. The molecule has 12 rings (SSSR count). The van der Waals surface area contributed by atoms with Crippen LogP contribution >= 0.6 is 0 Å². The van der Waals surface area contributed by atoms with Crippen molar-refractivity contribution < 1.29 is 103 Å². The number of unbranched alkanes of at least 4 members (excludes halogenated alkanes) is 6. The average molecular weight is 2250 g/mol. The van der Waals surface area contributed by atoms with Crippen molar-refractivity contribution in [1.82, 2.24) is 0 Å². The van der Waals surface area contributed by atoms with Gasteiger partial charge < -0.3 is 119 Å². The number of hydrogen-bond acceptors (Lipinski definition) is 0. The van der Waals surface area contributed by atoms with Gasteiger partial charge in [0.2, 0.25) is 0 Å². The molecule has 0 aromatic rings. The Labute approximate surface area is 808 Å². The number of fused-ring (bicyclic) bond motifs is 4. The Morgan fingerprint density at radius 1 is 0.167 bits per heavy atom. The van der Waals surface area contributed by atoms with Crippen LogP contribution in [-0.2, 0) is 103 Å². The zero-order valence-corrected chi connectivity index (χ0v) is 99.6. The summed E-state index contributed by atoms with van der Waals surface area (Å²) in [6.45, 7) is 57.1. The summed E-state index contributed by atoms with van der Waals surface area (Å²) in [5.41, 5.74) is 0. The van der Waals surface area contributed by atoms with Crippen LogP contribution in [0.1, 0.15) is 307 Å². The predicted octanol–water partition coefficient (Wildman–Crippen LogP) is 36.5. The van der Waals surface area contributed by atoms with E-state index in [0.29, 0.717) is 0 Å². The van der Waals surface area contributed by atoms with E-state index in [1.54, 1.807) is 0 Å². The maximum atomic E-state index is 2.46. The molecule has 668 valence electrons. The molecule has 0 heterocycles. The third-order valence-corrected chi connectivity index (χ3v) is 31.6. The van der Waals surface area contributed by atoms with Gasteiger partial charge >= 0.3 is 103 Å². The Balaban J connectivity index is -0.0000000674. The van der Waals surface area contributed by atoms with Crippen molar-refractivity contribution in [2.75, 3.05) is 0 Å². The van der Waals surface area contributed by atoms with Crippen molar-refractivity contribution in [2.45, 2.75) is 307 Å². The average Bonchev–Trinajstić information content (AvgIpc) is 1.67. The van der Waals surface area contributed by atoms with Crippen LogP contribution in [-0.4, -0.2) is 0 Å². The quantitative estimate of drug-likeness (QED) is 0.0924. The number of allylic oxidation sites excluding steroid dienone is 16. The van der Waals surface area contributed by atoms with E-state index in [2.05, 4.69) is 263 Å². The molecule has 12 atom stereocenters. The van der Waals surface area contributed by atoms with Gasteiger partial charge in [-0.3, -0.25) is 0 Å². The molecular weight excluding hydrogens is 2040 g/mol. The summed E-state index contributed by atoms with van der Waals surface area (Å²) in [5.74, 6) is 29.7. The topological polar surface area (TPSA) is 0 Å². The van der Waals surface area contributed by atoms with E-state index in [1.165, 1.54) is 141 Å². The molecule has 0 spiro atoms. The number of rotatable bonds is 14. The summed E-state index contributed by atoms with van der Waals surface area (Å²) in [6, 6.07) is 0. The van der Waals surface area contributed by atoms with Gasteiger partial charge in [0.25, 0.3) is 0 Å². The van der Waals surface area contributed by atoms with Crippen LogP contribution in [0.4, 0.5) is 0 Å². The Morgan fingerprint density at radius 2 is 0.316 bits per heavy atom. The molecule has 0 radical (unpaired) electrons. The van der Waals surface area contributed by atoms with Gasteiger partial charge in [-0.1, -0.05) is 334 Å². The maximum absolute atomic E-state index is 2.46. The predicted molar refractivity (Wildman–Crippen MR) is 525 cm³/mol. The fourth-order valence-electron chi connectivity index (χ4n) is 21.5. The Hall–Kier alpha value is 1.40. The third-order valence-electron chi connectivity index (χ3n) is 31.6. The van der Waals surface area contributed by atoms with Crippen LogP contribution in [0, 0.1) is 308 Å². The Bertz CT molecular complexity index is 2000. The van der Waals surface area contributed by atoms with Crippen molar-refractivity contribution in [3.63, 3.8) is 0 Å². The molecule has 0 amide bonds. The molecule has 8 saturated carbocycles. The van der Waals surface area contributed by atoms with Crippen molar-refractivity contribution in [2.24, 2.45) is 189 Å². The fourth-order valence-corrected chi connectivity index (χ4v) is 21.5. The van der Waals surface area contributed by atoms with Crippen LogP contribution in [0.3, 0.4) is 0 Å². The summed E-state index contributed by atoms with van der Waals surface area (Å²) in [4.78, 5) is 0. The second kappa shape index (κ2) is 80.2. The molecule has 12 aliphatic rings. The first kappa shape index (κ1) is 153. The summed E-state index contributed by atoms with van der Waals surface area (Å²) < 4.78 is 0. The molecule has 0 saturated heterocycles.